The molecule has 2 amide bonds. The molecule has 0 bridgehead atoms. The molecule has 3 rings (SSSR count). The first-order valence-corrected chi connectivity index (χ1v) is 11.6. The van der Waals surface area contributed by atoms with Crippen LogP contribution in [0.3, 0.4) is 0 Å². The molecule has 0 fully saturated rings. The predicted octanol–water partition coefficient (Wildman–Crippen LogP) is 5.76. The van der Waals surface area contributed by atoms with Gasteiger partial charge in [0.25, 0.3) is 5.91 Å². The number of hydrogen-bond donors (Lipinski definition) is 1. The van der Waals surface area contributed by atoms with Crippen LogP contribution in [-0.2, 0) is 10.5 Å². The summed E-state index contributed by atoms with van der Waals surface area (Å²) in [6.07, 6.45) is 0. The summed E-state index contributed by atoms with van der Waals surface area (Å²) >= 11 is 15.4. The summed E-state index contributed by atoms with van der Waals surface area (Å²) in [5.41, 5.74) is 1.89. The smallest absolute Gasteiger partial charge is 0.254 e. The molecule has 0 aliphatic rings. The number of anilines is 1. The van der Waals surface area contributed by atoms with Crippen LogP contribution >= 0.6 is 46.3 Å². The van der Waals surface area contributed by atoms with E-state index >= 15 is 0 Å². The minimum Gasteiger partial charge on any atom is -0.332 e. The second-order valence-corrected chi connectivity index (χ2v) is 9.40. The van der Waals surface area contributed by atoms with Crippen molar-refractivity contribution in [2.24, 2.45) is 0 Å². The monoisotopic (exact) mass is 479 g/mol. The van der Waals surface area contributed by atoms with Crippen molar-refractivity contribution < 1.29 is 9.59 Å². The molecule has 1 aromatic heterocycles. The van der Waals surface area contributed by atoms with Crippen LogP contribution in [-0.4, -0.2) is 35.3 Å². The van der Waals surface area contributed by atoms with Crippen LogP contribution in [0.4, 0.5) is 5.69 Å². The number of para-hydroxylation sites is 1. The number of nitrogens with zero attached hydrogens (tertiary/aromatic N) is 2. The standard InChI is InChI=1S/C21H19Cl2N3O2S2/c1-13-24-15(11-29-13)12-30-16-8-6-14(7-9-16)21(28)26(2)10-19(27)25-20-17(22)4-3-5-18(20)23/h3-9,11H,10,12H2,1-2H3,(H,25,27). The maximum atomic E-state index is 12.6. The SMILES string of the molecule is Cc1nc(CSc2ccc(C(=O)N(C)CC(=O)Nc3c(Cl)cccc3Cl)cc2)cs1. The van der Waals surface area contributed by atoms with Crippen molar-refractivity contribution in [3.63, 3.8) is 0 Å². The van der Waals surface area contributed by atoms with Crippen molar-refractivity contribution >= 4 is 63.8 Å². The predicted molar refractivity (Wildman–Crippen MR) is 125 cm³/mol. The number of carbonyl (C=O) groups is 2. The molecule has 0 atom stereocenters. The van der Waals surface area contributed by atoms with Gasteiger partial charge in [0.05, 0.1) is 33.0 Å². The number of likely N-dealkylation sites (N-methyl/N-ethyl adjacent to an activating group) is 1. The van der Waals surface area contributed by atoms with Crippen LogP contribution in [0.1, 0.15) is 21.1 Å². The Morgan fingerprint density at radius 3 is 2.40 bits per heavy atom. The fraction of sp³-hybridized carbons (Fsp3) is 0.190. The van der Waals surface area contributed by atoms with Gasteiger partial charge in [0.2, 0.25) is 5.91 Å². The van der Waals surface area contributed by atoms with Gasteiger partial charge < -0.3 is 10.2 Å². The maximum Gasteiger partial charge on any atom is 0.254 e. The minimum atomic E-state index is -0.383. The Bertz CT molecular complexity index is 1030. The average molecular weight is 480 g/mol. The number of nitrogens with one attached hydrogen (secondary N) is 1. The molecule has 1 heterocycles. The molecule has 1 N–H and O–H groups in total. The van der Waals surface area contributed by atoms with Gasteiger partial charge in [-0.25, -0.2) is 4.98 Å². The van der Waals surface area contributed by atoms with Crippen LogP contribution in [0.2, 0.25) is 10.0 Å². The van der Waals surface area contributed by atoms with Gasteiger partial charge in [-0.2, -0.15) is 0 Å². The number of aromatic nitrogens is 1. The Balaban J connectivity index is 1.55. The lowest BCUT2D eigenvalue weighted by Crippen LogP contribution is -2.35. The van der Waals surface area contributed by atoms with Crippen molar-refractivity contribution in [1.29, 1.82) is 0 Å². The topological polar surface area (TPSA) is 62.3 Å². The van der Waals surface area contributed by atoms with Crippen molar-refractivity contribution in [1.82, 2.24) is 9.88 Å². The second kappa shape index (κ2) is 10.3. The average Bonchev–Trinajstić information content (AvgIpc) is 3.14. The number of thioether (sulfide) groups is 1. The fourth-order valence-corrected chi connectivity index (χ4v) is 4.63. The first kappa shape index (κ1) is 22.6. The Morgan fingerprint density at radius 2 is 1.80 bits per heavy atom. The fourth-order valence-electron chi connectivity index (χ4n) is 2.63. The highest BCUT2D eigenvalue weighted by atomic mass is 35.5. The molecule has 0 unspecified atom stereocenters. The number of aryl methyl sites for hydroxylation is 1. The molecule has 156 valence electrons. The quantitative estimate of drug-likeness (QED) is 0.437. The second-order valence-electron chi connectivity index (χ2n) is 6.48. The number of benzene rings is 2. The number of carbonyl (C=O) groups excluding carboxylic acids is 2. The number of amides is 2. The van der Waals surface area contributed by atoms with E-state index in [4.69, 9.17) is 23.2 Å². The van der Waals surface area contributed by atoms with E-state index in [0.717, 1.165) is 21.3 Å². The van der Waals surface area contributed by atoms with Gasteiger partial charge in [0.15, 0.2) is 0 Å². The molecular weight excluding hydrogens is 461 g/mol. The molecule has 0 saturated carbocycles. The van der Waals surface area contributed by atoms with E-state index in [1.54, 1.807) is 60.5 Å². The normalized spacial score (nSPS) is 10.7. The van der Waals surface area contributed by atoms with Crippen molar-refractivity contribution in [3.05, 3.63) is 74.2 Å². The van der Waals surface area contributed by atoms with E-state index in [0.29, 0.717) is 21.3 Å². The molecule has 30 heavy (non-hydrogen) atoms. The third-order valence-electron chi connectivity index (χ3n) is 4.11. The molecule has 9 heteroatoms. The Hall–Kier alpha value is -2.06. The van der Waals surface area contributed by atoms with Crippen LogP contribution in [0, 0.1) is 6.92 Å². The van der Waals surface area contributed by atoms with Crippen LogP contribution in [0.5, 0.6) is 0 Å². The molecule has 0 saturated heterocycles. The first-order valence-electron chi connectivity index (χ1n) is 8.96. The van der Waals surface area contributed by atoms with Gasteiger partial charge in [-0.15, -0.1) is 23.1 Å². The Kier molecular flexibility index (Phi) is 7.77. The highest BCUT2D eigenvalue weighted by Gasteiger charge is 2.17. The van der Waals surface area contributed by atoms with Gasteiger partial charge in [0.1, 0.15) is 0 Å². The molecule has 0 aliphatic carbocycles. The summed E-state index contributed by atoms with van der Waals surface area (Å²) in [5.74, 6) is 0.149. The third-order valence-corrected chi connectivity index (χ3v) is 6.61. The molecular formula is C21H19Cl2N3O2S2. The van der Waals surface area contributed by atoms with Crippen LogP contribution in [0.25, 0.3) is 0 Å². The number of hydrogen-bond acceptors (Lipinski definition) is 5. The summed E-state index contributed by atoms with van der Waals surface area (Å²) in [5, 5.41) is 6.43. The van der Waals surface area contributed by atoms with E-state index in [1.807, 2.05) is 19.1 Å². The molecule has 0 aliphatic heterocycles. The number of rotatable bonds is 7. The Morgan fingerprint density at radius 1 is 1.13 bits per heavy atom. The van der Waals surface area contributed by atoms with E-state index in [1.165, 1.54) is 4.90 Å². The Labute approximate surface area is 193 Å². The third kappa shape index (κ3) is 5.98. The van der Waals surface area contributed by atoms with Gasteiger partial charge in [-0.1, -0.05) is 29.3 Å². The lowest BCUT2D eigenvalue weighted by atomic mass is 10.2. The molecule has 3 aromatic rings. The summed E-state index contributed by atoms with van der Waals surface area (Å²) < 4.78 is 0. The zero-order valence-electron chi connectivity index (χ0n) is 16.3. The highest BCUT2D eigenvalue weighted by molar-refractivity contribution is 7.98. The van der Waals surface area contributed by atoms with Crippen molar-refractivity contribution in [3.8, 4) is 0 Å². The minimum absolute atomic E-state index is 0.125. The zero-order chi connectivity index (χ0) is 21.7. The maximum absolute atomic E-state index is 12.6. The first-order chi connectivity index (χ1) is 14.3. The molecule has 2 aromatic carbocycles. The molecule has 0 radical (unpaired) electrons. The highest BCUT2D eigenvalue weighted by Crippen LogP contribution is 2.29. The summed E-state index contributed by atoms with van der Waals surface area (Å²) in [7, 11) is 1.57. The summed E-state index contributed by atoms with van der Waals surface area (Å²) in [6.45, 7) is 1.86. The van der Waals surface area contributed by atoms with Crippen molar-refractivity contribution in [2.45, 2.75) is 17.6 Å². The van der Waals surface area contributed by atoms with Gasteiger partial charge >= 0.3 is 0 Å². The van der Waals surface area contributed by atoms with E-state index in [-0.39, 0.29) is 18.4 Å². The lowest BCUT2D eigenvalue weighted by molar-refractivity contribution is -0.116. The van der Waals surface area contributed by atoms with E-state index < -0.39 is 0 Å². The summed E-state index contributed by atoms with van der Waals surface area (Å²) in [6, 6.07) is 12.3. The van der Waals surface area contributed by atoms with Crippen LogP contribution in [0.15, 0.2) is 52.7 Å². The molecule has 0 spiro atoms. The number of halogens is 2. The van der Waals surface area contributed by atoms with E-state index in [9.17, 15) is 9.59 Å². The van der Waals surface area contributed by atoms with Gasteiger partial charge in [-0.3, -0.25) is 9.59 Å². The molecule has 5 nitrogen and oxygen atoms in total. The lowest BCUT2D eigenvalue weighted by Gasteiger charge is -2.17. The summed E-state index contributed by atoms with van der Waals surface area (Å²) in [4.78, 5) is 31.8. The number of thiazole rings is 1. The van der Waals surface area contributed by atoms with Gasteiger partial charge in [-0.05, 0) is 43.3 Å². The van der Waals surface area contributed by atoms with E-state index in [2.05, 4.69) is 15.7 Å². The zero-order valence-corrected chi connectivity index (χ0v) is 19.5. The van der Waals surface area contributed by atoms with Crippen molar-refractivity contribution in [2.75, 3.05) is 18.9 Å². The van der Waals surface area contributed by atoms with Crippen LogP contribution < -0.4 is 5.32 Å². The largest absolute Gasteiger partial charge is 0.332 e. The van der Waals surface area contributed by atoms with Gasteiger partial charge in [0, 0.05) is 28.6 Å².